The van der Waals surface area contributed by atoms with Gasteiger partial charge in [0.2, 0.25) is 11.8 Å². The summed E-state index contributed by atoms with van der Waals surface area (Å²) in [4.78, 5) is 26.7. The summed E-state index contributed by atoms with van der Waals surface area (Å²) in [6, 6.07) is 9.91. The molecular formula is C20H28N2O3. The van der Waals surface area contributed by atoms with E-state index in [2.05, 4.69) is 5.32 Å². The van der Waals surface area contributed by atoms with Crippen LogP contribution in [0, 0.1) is 11.8 Å². The van der Waals surface area contributed by atoms with Gasteiger partial charge >= 0.3 is 0 Å². The second-order valence-corrected chi connectivity index (χ2v) is 7.36. The Morgan fingerprint density at radius 2 is 1.92 bits per heavy atom. The molecule has 1 saturated heterocycles. The molecule has 2 aliphatic rings. The summed E-state index contributed by atoms with van der Waals surface area (Å²) in [6.45, 7) is 1.16. The van der Waals surface area contributed by atoms with Gasteiger partial charge in [-0.05, 0) is 18.4 Å². The number of carbonyl (C=O) groups excluding carboxylic acids is 2. The number of likely N-dealkylation sites (tertiary alicyclic amines) is 1. The minimum atomic E-state index is -0.279. The highest BCUT2D eigenvalue weighted by atomic mass is 16.3. The van der Waals surface area contributed by atoms with Gasteiger partial charge in [-0.3, -0.25) is 9.59 Å². The Hall–Kier alpha value is -1.88. The summed E-state index contributed by atoms with van der Waals surface area (Å²) in [5.41, 5.74) is 1.08. The summed E-state index contributed by atoms with van der Waals surface area (Å²) in [5, 5.41) is 12.7. The van der Waals surface area contributed by atoms with Crippen LogP contribution in [0.3, 0.4) is 0 Å². The maximum Gasteiger partial charge on any atom is 0.225 e. The summed E-state index contributed by atoms with van der Waals surface area (Å²) >= 11 is 0. The zero-order valence-corrected chi connectivity index (χ0v) is 14.7. The zero-order valence-electron chi connectivity index (χ0n) is 14.7. The van der Waals surface area contributed by atoms with Crippen molar-refractivity contribution >= 4 is 11.8 Å². The van der Waals surface area contributed by atoms with Crippen LogP contribution >= 0.6 is 0 Å². The number of aliphatic hydroxyl groups excluding tert-OH is 1. The topological polar surface area (TPSA) is 69.6 Å². The van der Waals surface area contributed by atoms with Crippen LogP contribution in [0.1, 0.15) is 44.1 Å². The molecule has 5 nitrogen and oxygen atoms in total. The lowest BCUT2D eigenvalue weighted by Crippen LogP contribution is -2.44. The number of amides is 2. The van der Waals surface area contributed by atoms with Crippen molar-refractivity contribution in [2.24, 2.45) is 11.8 Å². The van der Waals surface area contributed by atoms with Gasteiger partial charge in [0.25, 0.3) is 0 Å². The Morgan fingerprint density at radius 1 is 1.16 bits per heavy atom. The number of hydrogen-bond donors (Lipinski definition) is 2. The smallest absolute Gasteiger partial charge is 0.225 e. The summed E-state index contributed by atoms with van der Waals surface area (Å²) in [7, 11) is 0. The molecule has 1 saturated carbocycles. The number of rotatable bonds is 5. The third-order valence-electron chi connectivity index (χ3n) is 5.52. The lowest BCUT2D eigenvalue weighted by atomic mass is 9.94. The molecule has 1 aromatic rings. The standard InChI is InChI=1S/C20H28N2O3/c23-14-16-9-5-2-6-10-18(16)21-20(25)17-11-19(24)22(13-17)12-15-7-3-1-4-8-15/h1,3-4,7-8,16-18,23H,2,5-6,9-14H2,(H,21,25). The third-order valence-corrected chi connectivity index (χ3v) is 5.52. The van der Waals surface area contributed by atoms with Crippen molar-refractivity contribution in [2.75, 3.05) is 13.2 Å². The molecule has 1 aliphatic heterocycles. The normalized spacial score (nSPS) is 27.2. The first-order chi connectivity index (χ1) is 12.2. The molecule has 2 fully saturated rings. The predicted octanol–water partition coefficient (Wildman–Crippen LogP) is 2.09. The van der Waals surface area contributed by atoms with Crippen LogP contribution in [0.5, 0.6) is 0 Å². The fourth-order valence-electron chi connectivity index (χ4n) is 4.00. The molecule has 0 bridgehead atoms. The minimum absolute atomic E-state index is 0.0331. The van der Waals surface area contributed by atoms with Crippen molar-refractivity contribution in [3.05, 3.63) is 35.9 Å². The van der Waals surface area contributed by atoms with Gasteiger partial charge in [0.1, 0.15) is 0 Å². The number of carbonyl (C=O) groups is 2. The van der Waals surface area contributed by atoms with Crippen molar-refractivity contribution in [1.29, 1.82) is 0 Å². The largest absolute Gasteiger partial charge is 0.396 e. The van der Waals surface area contributed by atoms with E-state index in [4.69, 9.17) is 0 Å². The molecule has 25 heavy (non-hydrogen) atoms. The minimum Gasteiger partial charge on any atom is -0.396 e. The van der Waals surface area contributed by atoms with Crippen molar-refractivity contribution in [1.82, 2.24) is 10.2 Å². The van der Waals surface area contributed by atoms with Crippen LogP contribution in [-0.4, -0.2) is 41.0 Å². The molecule has 2 N–H and O–H groups in total. The molecule has 3 rings (SSSR count). The Labute approximate surface area is 149 Å². The quantitative estimate of drug-likeness (QED) is 0.804. The molecule has 1 aliphatic carbocycles. The van der Waals surface area contributed by atoms with Gasteiger partial charge in [-0.2, -0.15) is 0 Å². The molecule has 136 valence electrons. The summed E-state index contributed by atoms with van der Waals surface area (Å²) in [6.07, 6.45) is 5.54. The van der Waals surface area contributed by atoms with Gasteiger partial charge in [0, 0.05) is 38.1 Å². The van der Waals surface area contributed by atoms with E-state index in [1.807, 2.05) is 30.3 Å². The lowest BCUT2D eigenvalue weighted by Gasteiger charge is -2.26. The van der Waals surface area contributed by atoms with Gasteiger partial charge in [-0.25, -0.2) is 0 Å². The van der Waals surface area contributed by atoms with E-state index >= 15 is 0 Å². The maximum absolute atomic E-state index is 12.7. The van der Waals surface area contributed by atoms with Gasteiger partial charge in [-0.15, -0.1) is 0 Å². The second-order valence-electron chi connectivity index (χ2n) is 7.36. The van der Waals surface area contributed by atoms with E-state index in [-0.39, 0.29) is 42.7 Å². The Morgan fingerprint density at radius 3 is 2.68 bits per heavy atom. The lowest BCUT2D eigenvalue weighted by molar-refractivity contribution is -0.129. The summed E-state index contributed by atoms with van der Waals surface area (Å²) in [5.74, 6) is -0.124. The molecule has 0 aromatic heterocycles. The molecule has 2 amide bonds. The molecule has 0 spiro atoms. The van der Waals surface area contributed by atoms with Gasteiger partial charge in [0.15, 0.2) is 0 Å². The first-order valence-corrected chi connectivity index (χ1v) is 9.40. The van der Waals surface area contributed by atoms with Gasteiger partial charge < -0.3 is 15.3 Å². The van der Waals surface area contributed by atoms with Crippen LogP contribution in [0.15, 0.2) is 30.3 Å². The molecule has 1 heterocycles. The molecule has 1 aromatic carbocycles. The highest BCUT2D eigenvalue weighted by molar-refractivity contribution is 5.89. The zero-order chi connectivity index (χ0) is 17.6. The van der Waals surface area contributed by atoms with E-state index in [1.54, 1.807) is 4.90 Å². The second kappa shape index (κ2) is 8.48. The molecule has 0 radical (unpaired) electrons. The fraction of sp³-hybridized carbons (Fsp3) is 0.600. The first-order valence-electron chi connectivity index (χ1n) is 9.40. The van der Waals surface area contributed by atoms with E-state index in [1.165, 1.54) is 0 Å². The Balaban J connectivity index is 1.56. The Kier molecular flexibility index (Phi) is 6.08. The monoisotopic (exact) mass is 344 g/mol. The Bertz CT molecular complexity index is 590. The van der Waals surface area contributed by atoms with Gasteiger partial charge in [-0.1, -0.05) is 49.6 Å². The van der Waals surface area contributed by atoms with E-state index < -0.39 is 0 Å². The van der Waals surface area contributed by atoms with Crippen molar-refractivity contribution in [3.8, 4) is 0 Å². The molecule has 5 heteroatoms. The number of nitrogens with one attached hydrogen (secondary N) is 1. The average Bonchev–Trinajstić information content (AvgIpc) is 2.84. The first kappa shape index (κ1) is 17.9. The number of aliphatic hydroxyl groups is 1. The average molecular weight is 344 g/mol. The van der Waals surface area contributed by atoms with Crippen LogP contribution in [0.25, 0.3) is 0 Å². The van der Waals surface area contributed by atoms with E-state index in [0.29, 0.717) is 13.1 Å². The predicted molar refractivity (Wildman–Crippen MR) is 95.6 cm³/mol. The highest BCUT2D eigenvalue weighted by Gasteiger charge is 2.36. The fourth-order valence-corrected chi connectivity index (χ4v) is 4.00. The number of nitrogens with zero attached hydrogens (tertiary/aromatic N) is 1. The van der Waals surface area contributed by atoms with Crippen LogP contribution in [0.2, 0.25) is 0 Å². The van der Waals surface area contributed by atoms with Gasteiger partial charge in [0.05, 0.1) is 5.92 Å². The molecular weight excluding hydrogens is 316 g/mol. The van der Waals surface area contributed by atoms with Crippen LogP contribution < -0.4 is 5.32 Å². The van der Waals surface area contributed by atoms with Crippen LogP contribution in [-0.2, 0) is 16.1 Å². The van der Waals surface area contributed by atoms with Crippen molar-refractivity contribution in [2.45, 2.75) is 51.1 Å². The third kappa shape index (κ3) is 4.60. The summed E-state index contributed by atoms with van der Waals surface area (Å²) < 4.78 is 0. The number of benzene rings is 1. The van der Waals surface area contributed by atoms with Crippen molar-refractivity contribution < 1.29 is 14.7 Å². The SMILES string of the molecule is O=C(NC1CCCCCC1CO)C1CC(=O)N(Cc2ccccc2)C1. The molecule has 3 atom stereocenters. The van der Waals surface area contributed by atoms with Crippen molar-refractivity contribution in [3.63, 3.8) is 0 Å². The van der Waals surface area contributed by atoms with E-state index in [0.717, 1.165) is 37.7 Å². The van der Waals surface area contributed by atoms with E-state index in [9.17, 15) is 14.7 Å². The highest BCUT2D eigenvalue weighted by Crippen LogP contribution is 2.25. The molecule has 3 unspecified atom stereocenters. The maximum atomic E-state index is 12.7. The number of hydrogen-bond acceptors (Lipinski definition) is 3. The van der Waals surface area contributed by atoms with Crippen LogP contribution in [0.4, 0.5) is 0 Å².